The van der Waals surface area contributed by atoms with Crippen molar-refractivity contribution >= 4 is 51.1 Å². The molecule has 1 aromatic carbocycles. The highest BCUT2D eigenvalue weighted by Crippen LogP contribution is 2.30. The van der Waals surface area contributed by atoms with Gasteiger partial charge in [0.05, 0.1) is 21.9 Å². The summed E-state index contributed by atoms with van der Waals surface area (Å²) >= 11 is 11.2. The van der Waals surface area contributed by atoms with Gasteiger partial charge in [0.25, 0.3) is 0 Å². The van der Waals surface area contributed by atoms with Gasteiger partial charge in [-0.2, -0.15) is 0 Å². The number of benzene rings is 1. The van der Waals surface area contributed by atoms with Gasteiger partial charge in [-0.05, 0) is 36.4 Å². The first-order valence-electron chi connectivity index (χ1n) is 6.22. The maximum absolute atomic E-state index is 6.19. The summed E-state index contributed by atoms with van der Waals surface area (Å²) < 4.78 is 0. The number of fused-ring (bicyclic) bond motifs is 1. The lowest BCUT2D eigenvalue weighted by Gasteiger charge is -2.12. The number of halogens is 1. The van der Waals surface area contributed by atoms with Crippen LogP contribution >= 0.6 is 23.8 Å². The minimum atomic E-state index is 0.240. The van der Waals surface area contributed by atoms with E-state index in [9.17, 15) is 0 Å². The summed E-state index contributed by atoms with van der Waals surface area (Å²) in [5.74, 6) is 0. The molecule has 6 heteroatoms. The van der Waals surface area contributed by atoms with Gasteiger partial charge in [0.2, 0.25) is 0 Å². The quantitative estimate of drug-likeness (QED) is 0.722. The molecule has 0 atom stereocenters. The molecule has 0 saturated heterocycles. The topological polar surface area (TPSA) is 63.8 Å². The third-order valence-electron chi connectivity index (χ3n) is 3.03. The molecular formula is C15H11ClN4S. The predicted octanol–water partition coefficient (Wildman–Crippen LogP) is 3.66. The molecular weight excluding hydrogens is 304 g/mol. The van der Waals surface area contributed by atoms with E-state index in [1.165, 1.54) is 0 Å². The average Bonchev–Trinajstić information content (AvgIpc) is 2.51. The molecule has 0 unspecified atom stereocenters. The smallest absolute Gasteiger partial charge is 0.124 e. The van der Waals surface area contributed by atoms with E-state index >= 15 is 0 Å². The zero-order valence-corrected chi connectivity index (χ0v) is 12.4. The van der Waals surface area contributed by atoms with Crippen molar-refractivity contribution in [1.82, 2.24) is 9.97 Å². The number of hydrogen-bond donors (Lipinski definition) is 2. The normalized spacial score (nSPS) is 10.5. The van der Waals surface area contributed by atoms with Crippen LogP contribution in [-0.4, -0.2) is 15.0 Å². The van der Waals surface area contributed by atoms with Crippen molar-refractivity contribution in [3.05, 3.63) is 59.5 Å². The van der Waals surface area contributed by atoms with Crippen LogP contribution in [0.1, 0.15) is 5.69 Å². The van der Waals surface area contributed by atoms with E-state index < -0.39 is 0 Å². The van der Waals surface area contributed by atoms with Gasteiger partial charge in [-0.15, -0.1) is 0 Å². The van der Waals surface area contributed by atoms with Gasteiger partial charge in [0, 0.05) is 17.8 Å². The zero-order chi connectivity index (χ0) is 14.8. The lowest BCUT2D eigenvalue weighted by Crippen LogP contribution is -2.13. The summed E-state index contributed by atoms with van der Waals surface area (Å²) in [5, 5.41) is 4.81. The van der Waals surface area contributed by atoms with E-state index in [4.69, 9.17) is 29.6 Å². The standard InChI is InChI=1S/C15H11ClN4S/c16-10-5-6-12(13-9(10)3-1-7-18-13)20-11-4-2-8-19-14(11)15(17)21/h1-8,20H,(H2,17,21). The maximum atomic E-state index is 6.19. The highest BCUT2D eigenvalue weighted by Gasteiger charge is 2.10. The number of nitrogens with zero attached hydrogens (tertiary/aromatic N) is 2. The number of nitrogens with two attached hydrogens (primary N) is 1. The van der Waals surface area contributed by atoms with E-state index in [-0.39, 0.29) is 4.99 Å². The molecule has 0 saturated carbocycles. The highest BCUT2D eigenvalue weighted by molar-refractivity contribution is 7.80. The van der Waals surface area contributed by atoms with Crippen LogP contribution in [0.3, 0.4) is 0 Å². The lowest BCUT2D eigenvalue weighted by atomic mass is 10.1. The molecule has 0 radical (unpaired) electrons. The van der Waals surface area contributed by atoms with Crippen molar-refractivity contribution in [3.63, 3.8) is 0 Å². The average molecular weight is 315 g/mol. The van der Waals surface area contributed by atoms with Crippen LogP contribution in [0, 0.1) is 0 Å². The monoisotopic (exact) mass is 314 g/mol. The molecule has 4 nitrogen and oxygen atoms in total. The molecule has 0 aliphatic carbocycles. The summed E-state index contributed by atoms with van der Waals surface area (Å²) in [6.07, 6.45) is 3.37. The lowest BCUT2D eigenvalue weighted by molar-refractivity contribution is 1.28. The van der Waals surface area contributed by atoms with Gasteiger partial charge >= 0.3 is 0 Å². The molecule has 3 N–H and O–H groups in total. The second-order valence-electron chi connectivity index (χ2n) is 4.38. The van der Waals surface area contributed by atoms with Crippen LogP contribution in [0.4, 0.5) is 11.4 Å². The van der Waals surface area contributed by atoms with Crippen molar-refractivity contribution in [2.24, 2.45) is 5.73 Å². The fourth-order valence-corrected chi connectivity index (χ4v) is 2.46. The molecule has 3 aromatic rings. The van der Waals surface area contributed by atoms with Crippen molar-refractivity contribution in [1.29, 1.82) is 0 Å². The maximum Gasteiger partial charge on any atom is 0.124 e. The Morgan fingerprint density at radius 1 is 1.05 bits per heavy atom. The molecule has 2 aromatic heterocycles. The molecule has 0 bridgehead atoms. The Balaban J connectivity index is 2.11. The first-order valence-corrected chi connectivity index (χ1v) is 7.00. The van der Waals surface area contributed by atoms with Crippen LogP contribution in [0.25, 0.3) is 10.9 Å². The summed E-state index contributed by atoms with van der Waals surface area (Å²) in [5.41, 5.74) is 8.58. The number of aromatic nitrogens is 2. The van der Waals surface area contributed by atoms with E-state index in [0.717, 1.165) is 22.3 Å². The van der Waals surface area contributed by atoms with Gasteiger partial charge in [0.1, 0.15) is 10.7 Å². The highest BCUT2D eigenvalue weighted by atomic mass is 35.5. The summed E-state index contributed by atoms with van der Waals surface area (Å²) in [6.45, 7) is 0. The molecule has 0 aliphatic heterocycles. The third-order valence-corrected chi connectivity index (χ3v) is 3.55. The molecule has 2 heterocycles. The third kappa shape index (κ3) is 2.66. The van der Waals surface area contributed by atoms with E-state index in [1.807, 2.05) is 36.4 Å². The van der Waals surface area contributed by atoms with E-state index in [2.05, 4.69) is 15.3 Å². The van der Waals surface area contributed by atoms with Crippen LogP contribution in [0.15, 0.2) is 48.8 Å². The summed E-state index contributed by atoms with van der Waals surface area (Å²) in [6, 6.07) is 11.1. The molecule has 0 amide bonds. The zero-order valence-electron chi connectivity index (χ0n) is 10.9. The molecule has 0 spiro atoms. The number of rotatable bonds is 3. The van der Waals surface area contributed by atoms with Crippen molar-refractivity contribution in [3.8, 4) is 0 Å². The van der Waals surface area contributed by atoms with Crippen LogP contribution in [0.2, 0.25) is 5.02 Å². The number of anilines is 2. The molecule has 104 valence electrons. The minimum Gasteiger partial charge on any atom is -0.388 e. The van der Waals surface area contributed by atoms with Gasteiger partial charge in [-0.25, -0.2) is 0 Å². The van der Waals surface area contributed by atoms with Gasteiger partial charge in [0.15, 0.2) is 0 Å². The second kappa shape index (κ2) is 5.63. The van der Waals surface area contributed by atoms with Crippen molar-refractivity contribution in [2.75, 3.05) is 5.32 Å². The molecule has 21 heavy (non-hydrogen) atoms. The van der Waals surface area contributed by atoms with Crippen molar-refractivity contribution in [2.45, 2.75) is 0 Å². The number of pyridine rings is 2. The molecule has 0 aliphatic rings. The largest absolute Gasteiger partial charge is 0.388 e. The van der Waals surface area contributed by atoms with Crippen molar-refractivity contribution < 1.29 is 0 Å². The van der Waals surface area contributed by atoms with E-state index in [0.29, 0.717) is 10.7 Å². The second-order valence-corrected chi connectivity index (χ2v) is 5.23. The minimum absolute atomic E-state index is 0.240. The fraction of sp³-hybridized carbons (Fsp3) is 0. The van der Waals surface area contributed by atoms with Crippen LogP contribution in [-0.2, 0) is 0 Å². The summed E-state index contributed by atoms with van der Waals surface area (Å²) in [7, 11) is 0. The number of thiocarbonyl (C=S) groups is 1. The summed E-state index contributed by atoms with van der Waals surface area (Å²) in [4.78, 5) is 8.82. The molecule has 3 rings (SSSR count). The predicted molar refractivity (Wildman–Crippen MR) is 90.2 cm³/mol. The number of hydrogen-bond acceptors (Lipinski definition) is 4. The Hall–Kier alpha value is -2.24. The van der Waals surface area contributed by atoms with Gasteiger partial charge in [-0.1, -0.05) is 23.8 Å². The Morgan fingerprint density at radius 2 is 1.81 bits per heavy atom. The number of nitrogens with one attached hydrogen (secondary N) is 1. The van der Waals surface area contributed by atoms with Crippen LogP contribution in [0.5, 0.6) is 0 Å². The van der Waals surface area contributed by atoms with Gasteiger partial charge < -0.3 is 11.1 Å². The SMILES string of the molecule is NC(=S)c1ncccc1Nc1ccc(Cl)c2cccnc12. The Kier molecular flexibility index (Phi) is 3.68. The Morgan fingerprint density at radius 3 is 2.62 bits per heavy atom. The van der Waals surface area contributed by atoms with Crippen LogP contribution < -0.4 is 11.1 Å². The Bertz CT molecular complexity index is 835. The molecule has 0 fully saturated rings. The Labute approximate surface area is 132 Å². The van der Waals surface area contributed by atoms with E-state index in [1.54, 1.807) is 12.4 Å². The van der Waals surface area contributed by atoms with Gasteiger partial charge in [-0.3, -0.25) is 9.97 Å². The first kappa shape index (κ1) is 13.7. The fourth-order valence-electron chi connectivity index (χ4n) is 2.09. The first-order chi connectivity index (χ1) is 10.2.